The van der Waals surface area contributed by atoms with Crippen molar-refractivity contribution in [3.63, 3.8) is 0 Å². The average molecular weight is 306 g/mol. The molecule has 0 amide bonds. The van der Waals surface area contributed by atoms with E-state index in [9.17, 15) is 9.90 Å². The van der Waals surface area contributed by atoms with Gasteiger partial charge in [0.15, 0.2) is 0 Å². The second-order valence-electron chi connectivity index (χ2n) is 5.90. The van der Waals surface area contributed by atoms with E-state index in [1.165, 1.54) is 0 Å². The molecule has 1 rings (SSSR count). The molecule has 0 fully saturated rings. The maximum Gasteiger partial charge on any atom is 0.336 e. The van der Waals surface area contributed by atoms with Crippen LogP contribution in [0.1, 0.15) is 79.9 Å². The molecular weight excluding hydrogens is 276 g/mol. The zero-order chi connectivity index (χ0) is 16.7. The van der Waals surface area contributed by atoms with Crippen LogP contribution in [0.5, 0.6) is 0 Å². The highest BCUT2D eigenvalue weighted by Crippen LogP contribution is 2.35. The lowest BCUT2D eigenvalue weighted by molar-refractivity contribution is 0.0694. The Morgan fingerprint density at radius 2 is 1.32 bits per heavy atom. The standard InChI is InChI=1S/C18H30N2O2/c1-4-7-10-12-13(11-8-5-2)16(19)17(20)14(9-6-3)15(12)18(21)22/h4-11,19-20H2,1-3H3,(H,21,22). The van der Waals surface area contributed by atoms with Crippen molar-refractivity contribution < 1.29 is 9.90 Å². The quantitative estimate of drug-likeness (QED) is 0.597. The molecule has 0 aliphatic carbocycles. The molecule has 0 aliphatic rings. The topological polar surface area (TPSA) is 89.3 Å². The molecule has 0 radical (unpaired) electrons. The minimum Gasteiger partial charge on any atom is -0.478 e. The van der Waals surface area contributed by atoms with Gasteiger partial charge >= 0.3 is 5.97 Å². The van der Waals surface area contributed by atoms with Gasteiger partial charge in [0.25, 0.3) is 0 Å². The molecule has 22 heavy (non-hydrogen) atoms. The smallest absolute Gasteiger partial charge is 0.336 e. The minimum atomic E-state index is -0.876. The van der Waals surface area contributed by atoms with Crippen molar-refractivity contribution in [2.45, 2.75) is 72.1 Å². The number of rotatable bonds is 9. The minimum absolute atomic E-state index is 0.410. The number of hydrogen-bond acceptors (Lipinski definition) is 3. The Hall–Kier alpha value is -1.71. The van der Waals surface area contributed by atoms with Gasteiger partial charge in [-0.25, -0.2) is 4.79 Å². The average Bonchev–Trinajstić information content (AvgIpc) is 2.49. The fourth-order valence-corrected chi connectivity index (χ4v) is 2.99. The van der Waals surface area contributed by atoms with Crippen molar-refractivity contribution >= 4 is 17.3 Å². The number of carboxylic acids is 1. The van der Waals surface area contributed by atoms with Crippen molar-refractivity contribution in [2.24, 2.45) is 0 Å². The van der Waals surface area contributed by atoms with Gasteiger partial charge in [0.2, 0.25) is 0 Å². The molecule has 0 bridgehead atoms. The molecule has 1 aromatic carbocycles. The Morgan fingerprint density at radius 1 is 0.818 bits per heavy atom. The van der Waals surface area contributed by atoms with Crippen LogP contribution in [0, 0.1) is 0 Å². The van der Waals surface area contributed by atoms with Gasteiger partial charge in [0.05, 0.1) is 16.9 Å². The first-order chi connectivity index (χ1) is 10.5. The highest BCUT2D eigenvalue weighted by molar-refractivity contribution is 5.96. The first-order valence-electron chi connectivity index (χ1n) is 8.44. The first kappa shape index (κ1) is 18.3. The van der Waals surface area contributed by atoms with E-state index in [-0.39, 0.29) is 0 Å². The maximum atomic E-state index is 11.9. The third-order valence-corrected chi connectivity index (χ3v) is 4.18. The second-order valence-corrected chi connectivity index (χ2v) is 5.90. The SMILES string of the molecule is CCCCc1c(N)c(N)c(CCC)c(C(=O)O)c1CCCC. The van der Waals surface area contributed by atoms with E-state index in [4.69, 9.17) is 11.5 Å². The summed E-state index contributed by atoms with van der Waals surface area (Å²) in [6, 6.07) is 0. The van der Waals surface area contributed by atoms with E-state index in [1.807, 2.05) is 6.92 Å². The normalized spacial score (nSPS) is 10.9. The lowest BCUT2D eigenvalue weighted by Crippen LogP contribution is -2.16. The molecule has 0 aliphatic heterocycles. The number of nitrogen functional groups attached to an aromatic ring is 2. The van der Waals surface area contributed by atoms with E-state index in [0.717, 1.165) is 61.6 Å². The Balaban J connectivity index is 3.56. The largest absolute Gasteiger partial charge is 0.478 e. The summed E-state index contributed by atoms with van der Waals surface area (Å²) in [4.78, 5) is 11.9. The monoisotopic (exact) mass is 306 g/mol. The van der Waals surface area contributed by atoms with Gasteiger partial charge in [-0.2, -0.15) is 0 Å². The van der Waals surface area contributed by atoms with Crippen LogP contribution in [0.25, 0.3) is 0 Å². The molecule has 4 nitrogen and oxygen atoms in total. The van der Waals surface area contributed by atoms with Crippen LogP contribution in [-0.2, 0) is 19.3 Å². The Kier molecular flexibility index (Phi) is 7.22. The predicted octanol–water partition coefficient (Wildman–Crippen LogP) is 4.19. The summed E-state index contributed by atoms with van der Waals surface area (Å²) in [6.07, 6.45) is 7.11. The lowest BCUT2D eigenvalue weighted by atomic mass is 9.86. The van der Waals surface area contributed by atoms with Gasteiger partial charge in [-0.05, 0) is 48.8 Å². The fourth-order valence-electron chi connectivity index (χ4n) is 2.99. The Morgan fingerprint density at radius 3 is 1.77 bits per heavy atom. The van der Waals surface area contributed by atoms with Crippen molar-refractivity contribution in [1.82, 2.24) is 0 Å². The van der Waals surface area contributed by atoms with Crippen LogP contribution < -0.4 is 11.5 Å². The molecule has 0 saturated carbocycles. The van der Waals surface area contributed by atoms with Crippen LogP contribution in [0.2, 0.25) is 0 Å². The predicted molar refractivity (Wildman–Crippen MR) is 93.4 cm³/mol. The first-order valence-corrected chi connectivity index (χ1v) is 8.44. The van der Waals surface area contributed by atoms with Gasteiger partial charge < -0.3 is 16.6 Å². The second kappa shape index (κ2) is 8.66. The molecule has 0 unspecified atom stereocenters. The van der Waals surface area contributed by atoms with Gasteiger partial charge in [0.1, 0.15) is 0 Å². The molecule has 124 valence electrons. The van der Waals surface area contributed by atoms with Crippen molar-refractivity contribution in [3.8, 4) is 0 Å². The number of benzene rings is 1. The Labute approximate surface area is 133 Å². The molecule has 0 heterocycles. The van der Waals surface area contributed by atoms with Crippen molar-refractivity contribution in [1.29, 1.82) is 0 Å². The number of anilines is 2. The van der Waals surface area contributed by atoms with Crippen molar-refractivity contribution in [3.05, 3.63) is 22.3 Å². The zero-order valence-corrected chi connectivity index (χ0v) is 14.2. The van der Waals surface area contributed by atoms with E-state index in [1.54, 1.807) is 0 Å². The van der Waals surface area contributed by atoms with Crippen LogP contribution >= 0.6 is 0 Å². The van der Waals surface area contributed by atoms with Crippen molar-refractivity contribution in [2.75, 3.05) is 11.5 Å². The summed E-state index contributed by atoms with van der Waals surface area (Å²) < 4.78 is 0. The molecule has 0 saturated heterocycles. The van der Waals surface area contributed by atoms with Crippen LogP contribution in [0.3, 0.4) is 0 Å². The number of nitrogens with two attached hydrogens (primary N) is 2. The van der Waals surface area contributed by atoms with Crippen LogP contribution in [0.15, 0.2) is 0 Å². The van der Waals surface area contributed by atoms with E-state index in [0.29, 0.717) is 23.4 Å². The van der Waals surface area contributed by atoms with Gasteiger partial charge in [-0.1, -0.05) is 40.0 Å². The highest BCUT2D eigenvalue weighted by atomic mass is 16.4. The number of unbranched alkanes of at least 4 members (excludes halogenated alkanes) is 2. The highest BCUT2D eigenvalue weighted by Gasteiger charge is 2.24. The zero-order valence-electron chi connectivity index (χ0n) is 14.2. The van der Waals surface area contributed by atoms with Gasteiger partial charge in [-0.3, -0.25) is 0 Å². The van der Waals surface area contributed by atoms with E-state index < -0.39 is 5.97 Å². The molecule has 1 aromatic rings. The molecule has 5 N–H and O–H groups in total. The summed E-state index contributed by atoms with van der Waals surface area (Å²) in [6.45, 7) is 6.26. The summed E-state index contributed by atoms with van der Waals surface area (Å²) >= 11 is 0. The number of carbonyl (C=O) groups is 1. The molecular formula is C18H30N2O2. The van der Waals surface area contributed by atoms with Crippen LogP contribution in [-0.4, -0.2) is 11.1 Å². The van der Waals surface area contributed by atoms with Gasteiger partial charge in [-0.15, -0.1) is 0 Å². The lowest BCUT2D eigenvalue weighted by Gasteiger charge is -2.21. The molecule has 4 heteroatoms. The third-order valence-electron chi connectivity index (χ3n) is 4.18. The van der Waals surface area contributed by atoms with E-state index >= 15 is 0 Å². The molecule has 0 atom stereocenters. The number of aromatic carboxylic acids is 1. The summed E-state index contributed by atoms with van der Waals surface area (Å²) in [5.74, 6) is -0.876. The summed E-state index contributed by atoms with van der Waals surface area (Å²) in [7, 11) is 0. The van der Waals surface area contributed by atoms with E-state index in [2.05, 4.69) is 13.8 Å². The maximum absolute atomic E-state index is 11.9. The summed E-state index contributed by atoms with van der Waals surface area (Å²) in [5.41, 5.74) is 16.6. The molecule has 0 spiro atoms. The van der Waals surface area contributed by atoms with Gasteiger partial charge in [0, 0.05) is 0 Å². The number of hydrogen-bond donors (Lipinski definition) is 3. The fraction of sp³-hybridized carbons (Fsp3) is 0.611. The Bertz CT molecular complexity index is 525. The third kappa shape index (κ3) is 3.93. The summed E-state index contributed by atoms with van der Waals surface area (Å²) in [5, 5.41) is 9.74. The molecule has 0 aromatic heterocycles. The van der Waals surface area contributed by atoms with Crippen LogP contribution in [0.4, 0.5) is 11.4 Å². The number of carboxylic acid groups (broad SMARTS) is 1.